The van der Waals surface area contributed by atoms with E-state index in [0.29, 0.717) is 0 Å². The largest absolute Gasteiger partial charge is 0.456 e. The summed E-state index contributed by atoms with van der Waals surface area (Å²) in [6.45, 7) is 2.91. The smallest absolute Gasteiger partial charge is 0.308 e. The van der Waals surface area contributed by atoms with E-state index in [1.54, 1.807) is 0 Å². The lowest BCUT2D eigenvalue weighted by molar-refractivity contribution is -0.149. The van der Waals surface area contributed by atoms with Gasteiger partial charge in [-0.3, -0.25) is 14.4 Å². The highest BCUT2D eigenvalue weighted by molar-refractivity contribution is 5.87. The number of rotatable bonds is 8. The summed E-state index contributed by atoms with van der Waals surface area (Å²) in [7, 11) is 0. The van der Waals surface area contributed by atoms with E-state index in [1.165, 1.54) is 6.92 Å². The molecule has 3 rings (SSSR count). The Labute approximate surface area is 181 Å². The van der Waals surface area contributed by atoms with Crippen molar-refractivity contribution in [1.29, 1.82) is 0 Å². The van der Waals surface area contributed by atoms with Gasteiger partial charge in [0.05, 0.1) is 18.5 Å². The van der Waals surface area contributed by atoms with Crippen LogP contribution in [0.15, 0.2) is 72.8 Å². The monoisotopic (exact) mass is 418 g/mol. The molecule has 6 nitrogen and oxygen atoms in total. The van der Waals surface area contributed by atoms with Gasteiger partial charge in [0, 0.05) is 6.92 Å². The summed E-state index contributed by atoms with van der Waals surface area (Å²) >= 11 is 0. The molecule has 0 spiro atoms. The Morgan fingerprint density at radius 3 is 2.29 bits per heavy atom. The number of amides is 2. The van der Waals surface area contributed by atoms with E-state index in [2.05, 4.69) is 10.6 Å². The molecule has 0 heterocycles. The number of fused-ring (bicyclic) bond motifs is 1. The molecule has 0 fully saturated rings. The van der Waals surface area contributed by atoms with Gasteiger partial charge in [0.15, 0.2) is 6.61 Å². The summed E-state index contributed by atoms with van der Waals surface area (Å²) in [5, 5.41) is 7.78. The van der Waals surface area contributed by atoms with Crippen molar-refractivity contribution in [3.8, 4) is 0 Å². The molecule has 0 unspecified atom stereocenters. The van der Waals surface area contributed by atoms with Crippen molar-refractivity contribution in [2.45, 2.75) is 32.4 Å². The maximum absolute atomic E-state index is 12.3. The maximum atomic E-state index is 12.3. The van der Waals surface area contributed by atoms with Crippen LogP contribution >= 0.6 is 0 Å². The number of nitrogens with one attached hydrogen (secondary N) is 2. The fourth-order valence-corrected chi connectivity index (χ4v) is 3.54. The van der Waals surface area contributed by atoms with Crippen molar-refractivity contribution in [3.05, 3.63) is 83.9 Å². The molecule has 6 heteroatoms. The van der Waals surface area contributed by atoms with Crippen LogP contribution in [0.5, 0.6) is 0 Å². The molecule has 0 bridgehead atoms. The summed E-state index contributed by atoms with van der Waals surface area (Å²) in [5.41, 5.74) is 1.79. The average molecular weight is 418 g/mol. The second-order valence-corrected chi connectivity index (χ2v) is 7.39. The number of carbonyl (C=O) groups is 3. The van der Waals surface area contributed by atoms with Gasteiger partial charge in [-0.1, -0.05) is 72.8 Å². The van der Waals surface area contributed by atoms with Crippen molar-refractivity contribution in [2.75, 3.05) is 6.61 Å². The van der Waals surface area contributed by atoms with E-state index >= 15 is 0 Å². The lowest BCUT2D eigenvalue weighted by atomic mass is 10.00. The molecule has 0 aromatic heterocycles. The molecular weight excluding hydrogens is 392 g/mol. The van der Waals surface area contributed by atoms with Gasteiger partial charge in [0.2, 0.25) is 5.91 Å². The molecule has 2 atom stereocenters. The van der Waals surface area contributed by atoms with Gasteiger partial charge < -0.3 is 15.4 Å². The summed E-state index contributed by atoms with van der Waals surface area (Å²) in [6, 6.07) is 22.3. The number of hydrogen-bond acceptors (Lipinski definition) is 4. The van der Waals surface area contributed by atoms with Crippen molar-refractivity contribution in [2.24, 2.45) is 0 Å². The molecule has 0 aliphatic carbocycles. The second kappa shape index (κ2) is 10.4. The Balaban J connectivity index is 1.55. The first-order chi connectivity index (χ1) is 14.9. The van der Waals surface area contributed by atoms with Crippen molar-refractivity contribution >= 4 is 28.6 Å². The van der Waals surface area contributed by atoms with E-state index in [0.717, 1.165) is 21.9 Å². The van der Waals surface area contributed by atoms with Gasteiger partial charge in [0.25, 0.3) is 5.91 Å². The second-order valence-electron chi connectivity index (χ2n) is 7.39. The van der Waals surface area contributed by atoms with Gasteiger partial charge in [-0.2, -0.15) is 0 Å². The molecule has 3 aromatic carbocycles. The first-order valence-electron chi connectivity index (χ1n) is 10.2. The van der Waals surface area contributed by atoms with Gasteiger partial charge in [-0.25, -0.2) is 0 Å². The highest BCUT2D eigenvalue weighted by Crippen LogP contribution is 2.24. The maximum Gasteiger partial charge on any atom is 0.308 e. The molecule has 31 heavy (non-hydrogen) atoms. The Morgan fingerprint density at radius 2 is 1.55 bits per heavy atom. The summed E-state index contributed by atoms with van der Waals surface area (Å²) in [5.74, 6) is -1.19. The number of hydrogen-bond donors (Lipinski definition) is 2. The van der Waals surface area contributed by atoms with Crippen molar-refractivity contribution in [1.82, 2.24) is 10.6 Å². The van der Waals surface area contributed by atoms with Crippen molar-refractivity contribution < 1.29 is 19.1 Å². The molecule has 3 aromatic rings. The SMILES string of the molecule is CC(=O)N[C@H](CC(=O)OCC(=O)N[C@H](C)c1cccc2ccccc12)c1ccccc1. The van der Waals surface area contributed by atoms with Gasteiger partial charge in [0.1, 0.15) is 0 Å². The minimum absolute atomic E-state index is 0.0598. The van der Waals surface area contributed by atoms with Crippen molar-refractivity contribution in [3.63, 3.8) is 0 Å². The fraction of sp³-hybridized carbons (Fsp3) is 0.240. The number of ether oxygens (including phenoxy) is 1. The number of esters is 1. The molecular formula is C25H26N2O4. The van der Waals surface area contributed by atoms with Crippen LogP contribution in [0.2, 0.25) is 0 Å². The van der Waals surface area contributed by atoms with Crippen LogP contribution in [-0.2, 0) is 19.1 Å². The summed E-state index contributed by atoms with van der Waals surface area (Å²) in [6.07, 6.45) is -0.0598. The summed E-state index contributed by atoms with van der Waals surface area (Å²) < 4.78 is 5.16. The van der Waals surface area contributed by atoms with Crippen LogP contribution in [0, 0.1) is 0 Å². The standard InChI is InChI=1S/C25H26N2O4/c1-17(21-14-8-12-19-9-6-7-13-22(19)21)26-24(29)16-31-25(30)15-23(27-18(2)28)20-10-4-3-5-11-20/h3-14,17,23H,15-16H2,1-2H3,(H,26,29)(H,27,28)/t17-,23-/m1/s1. The predicted molar refractivity (Wildman–Crippen MR) is 119 cm³/mol. The zero-order valence-electron chi connectivity index (χ0n) is 17.6. The highest BCUT2D eigenvalue weighted by atomic mass is 16.5. The van der Waals surface area contributed by atoms with Crippen LogP contribution in [0.25, 0.3) is 10.8 Å². The predicted octanol–water partition coefficient (Wildman–Crippen LogP) is 3.83. The normalized spacial score (nSPS) is 12.6. The fourth-order valence-electron chi connectivity index (χ4n) is 3.54. The zero-order chi connectivity index (χ0) is 22.2. The minimum Gasteiger partial charge on any atom is -0.456 e. The molecule has 0 radical (unpaired) electrons. The minimum atomic E-state index is -0.560. The van der Waals surface area contributed by atoms with Crippen LogP contribution in [0.1, 0.15) is 43.5 Å². The van der Waals surface area contributed by atoms with E-state index < -0.39 is 12.0 Å². The lowest BCUT2D eigenvalue weighted by Gasteiger charge is -2.18. The number of benzene rings is 3. The third-order valence-electron chi connectivity index (χ3n) is 4.98. The Bertz CT molecular complexity index is 1060. The van der Waals surface area contributed by atoms with Crippen LogP contribution < -0.4 is 10.6 Å². The molecule has 0 aliphatic heterocycles. The Hall–Kier alpha value is -3.67. The third-order valence-corrected chi connectivity index (χ3v) is 4.98. The van der Waals surface area contributed by atoms with Gasteiger partial charge in [-0.05, 0) is 28.8 Å². The topological polar surface area (TPSA) is 84.5 Å². The van der Waals surface area contributed by atoms with E-state index in [9.17, 15) is 14.4 Å². The Morgan fingerprint density at radius 1 is 0.871 bits per heavy atom. The molecule has 0 aliphatic rings. The molecule has 2 N–H and O–H groups in total. The van der Waals surface area contributed by atoms with Gasteiger partial charge >= 0.3 is 5.97 Å². The van der Waals surface area contributed by atoms with Gasteiger partial charge in [-0.15, -0.1) is 0 Å². The first kappa shape index (κ1) is 22.0. The summed E-state index contributed by atoms with van der Waals surface area (Å²) in [4.78, 5) is 36.1. The quantitative estimate of drug-likeness (QED) is 0.545. The molecule has 2 amide bonds. The number of carbonyl (C=O) groups excluding carboxylic acids is 3. The zero-order valence-corrected chi connectivity index (χ0v) is 17.6. The van der Waals surface area contributed by atoms with Crippen LogP contribution in [0.4, 0.5) is 0 Å². The first-order valence-corrected chi connectivity index (χ1v) is 10.2. The van der Waals surface area contributed by atoms with E-state index in [4.69, 9.17) is 4.74 Å². The average Bonchev–Trinajstić information content (AvgIpc) is 2.77. The Kier molecular flexibility index (Phi) is 7.38. The molecule has 160 valence electrons. The van der Waals surface area contributed by atoms with Crippen LogP contribution in [0.3, 0.4) is 0 Å². The van der Waals surface area contributed by atoms with Crippen LogP contribution in [-0.4, -0.2) is 24.4 Å². The molecule has 0 saturated heterocycles. The highest BCUT2D eigenvalue weighted by Gasteiger charge is 2.19. The molecule has 0 saturated carbocycles. The lowest BCUT2D eigenvalue weighted by Crippen LogP contribution is -2.32. The van der Waals surface area contributed by atoms with E-state index in [-0.39, 0.29) is 30.9 Å². The van der Waals surface area contributed by atoms with E-state index in [1.807, 2.05) is 79.7 Å². The third kappa shape index (κ3) is 6.15.